The molecular formula is C22H31N3O3. The quantitative estimate of drug-likeness (QED) is 0.687. The second-order valence-electron chi connectivity index (χ2n) is 7.39. The molecule has 0 spiro atoms. The lowest BCUT2D eigenvalue weighted by Gasteiger charge is -2.08. The minimum absolute atomic E-state index is 0.117. The van der Waals surface area contributed by atoms with Gasteiger partial charge in [0.2, 0.25) is 11.8 Å². The van der Waals surface area contributed by atoms with Gasteiger partial charge in [0.1, 0.15) is 5.75 Å². The zero-order valence-electron chi connectivity index (χ0n) is 17.5. The monoisotopic (exact) mass is 385 g/mol. The Hall–Kier alpha value is -2.63. The average molecular weight is 386 g/mol. The van der Waals surface area contributed by atoms with Crippen LogP contribution >= 0.6 is 0 Å². The highest BCUT2D eigenvalue weighted by atomic mass is 16.5. The van der Waals surface area contributed by atoms with E-state index in [1.54, 1.807) is 24.3 Å². The summed E-state index contributed by atoms with van der Waals surface area (Å²) < 4.78 is 6.83. The standard InChI is InChI=1S/C22H31N3O3/c1-6-28-19-10-8-18(9-11-19)23-21(26)13-14-22(27)25-17(5)20(16(4)24-25)12-7-15(2)3/h8-11,15H,6-7,12-14H2,1-5H3,(H,23,26). The number of nitrogens with zero attached hydrogens (tertiary/aromatic N) is 2. The number of aromatic nitrogens is 2. The summed E-state index contributed by atoms with van der Waals surface area (Å²) in [5.74, 6) is 1.01. The molecule has 0 atom stereocenters. The number of hydrogen-bond donors (Lipinski definition) is 1. The van der Waals surface area contributed by atoms with Crippen molar-refractivity contribution in [2.24, 2.45) is 5.92 Å². The summed E-state index contributed by atoms with van der Waals surface area (Å²) in [6.07, 6.45) is 2.22. The molecule has 1 heterocycles. The maximum absolute atomic E-state index is 12.5. The maximum Gasteiger partial charge on any atom is 0.247 e. The Kier molecular flexibility index (Phi) is 7.79. The van der Waals surface area contributed by atoms with Gasteiger partial charge in [-0.2, -0.15) is 5.10 Å². The van der Waals surface area contributed by atoms with Gasteiger partial charge in [0.05, 0.1) is 12.3 Å². The van der Waals surface area contributed by atoms with E-state index in [1.165, 1.54) is 4.68 Å². The molecule has 1 amide bonds. The van der Waals surface area contributed by atoms with Gasteiger partial charge in [-0.1, -0.05) is 13.8 Å². The van der Waals surface area contributed by atoms with Crippen LogP contribution in [-0.4, -0.2) is 28.2 Å². The van der Waals surface area contributed by atoms with Crippen LogP contribution in [-0.2, 0) is 11.2 Å². The van der Waals surface area contributed by atoms with Crippen LogP contribution in [0.25, 0.3) is 0 Å². The maximum atomic E-state index is 12.5. The van der Waals surface area contributed by atoms with Gasteiger partial charge < -0.3 is 10.1 Å². The van der Waals surface area contributed by atoms with Crippen LogP contribution in [0.2, 0.25) is 0 Å². The van der Waals surface area contributed by atoms with E-state index in [9.17, 15) is 9.59 Å². The first-order valence-corrected chi connectivity index (χ1v) is 9.92. The molecule has 0 saturated heterocycles. The smallest absolute Gasteiger partial charge is 0.247 e. The van der Waals surface area contributed by atoms with Gasteiger partial charge in [-0.3, -0.25) is 9.59 Å². The molecular weight excluding hydrogens is 354 g/mol. The third kappa shape index (κ3) is 5.94. The lowest BCUT2D eigenvalue weighted by atomic mass is 10.0. The fourth-order valence-corrected chi connectivity index (χ4v) is 3.06. The Morgan fingerprint density at radius 1 is 1.14 bits per heavy atom. The van der Waals surface area contributed by atoms with Crippen molar-refractivity contribution in [1.82, 2.24) is 9.78 Å². The van der Waals surface area contributed by atoms with Crippen LogP contribution in [0.15, 0.2) is 24.3 Å². The van der Waals surface area contributed by atoms with E-state index >= 15 is 0 Å². The highest BCUT2D eigenvalue weighted by Crippen LogP contribution is 2.19. The number of carbonyl (C=O) groups is 2. The molecule has 1 N–H and O–H groups in total. The van der Waals surface area contributed by atoms with Crippen molar-refractivity contribution in [2.45, 2.75) is 60.3 Å². The number of anilines is 1. The molecule has 1 aromatic heterocycles. The number of rotatable bonds is 9. The van der Waals surface area contributed by atoms with Gasteiger partial charge in [0.25, 0.3) is 0 Å². The van der Waals surface area contributed by atoms with Crippen LogP contribution in [0.5, 0.6) is 5.75 Å². The number of amides is 1. The molecule has 0 unspecified atom stereocenters. The van der Waals surface area contributed by atoms with Crippen LogP contribution < -0.4 is 10.1 Å². The van der Waals surface area contributed by atoms with E-state index in [0.29, 0.717) is 18.2 Å². The summed E-state index contributed by atoms with van der Waals surface area (Å²) in [7, 11) is 0. The third-order valence-corrected chi connectivity index (χ3v) is 4.66. The SMILES string of the molecule is CCOc1ccc(NC(=O)CCC(=O)n2nc(C)c(CCC(C)C)c2C)cc1. The predicted octanol–water partition coefficient (Wildman–Crippen LogP) is 4.55. The highest BCUT2D eigenvalue weighted by molar-refractivity contribution is 5.93. The number of benzene rings is 1. The van der Waals surface area contributed by atoms with Crippen molar-refractivity contribution >= 4 is 17.5 Å². The minimum atomic E-state index is -0.195. The molecule has 0 bridgehead atoms. The van der Waals surface area contributed by atoms with E-state index in [1.807, 2.05) is 20.8 Å². The zero-order chi connectivity index (χ0) is 20.7. The van der Waals surface area contributed by atoms with E-state index in [2.05, 4.69) is 24.3 Å². The van der Waals surface area contributed by atoms with E-state index in [4.69, 9.17) is 4.74 Å². The molecule has 6 nitrogen and oxygen atoms in total. The zero-order valence-corrected chi connectivity index (χ0v) is 17.5. The van der Waals surface area contributed by atoms with Gasteiger partial charge in [-0.15, -0.1) is 0 Å². The average Bonchev–Trinajstić information content (AvgIpc) is 2.94. The van der Waals surface area contributed by atoms with E-state index in [0.717, 1.165) is 35.5 Å². The highest BCUT2D eigenvalue weighted by Gasteiger charge is 2.17. The second-order valence-corrected chi connectivity index (χ2v) is 7.39. The Bertz CT molecular complexity index is 807. The van der Waals surface area contributed by atoms with Gasteiger partial charge >= 0.3 is 0 Å². The number of carbonyl (C=O) groups excluding carboxylic acids is 2. The lowest BCUT2D eigenvalue weighted by Crippen LogP contribution is -2.18. The first-order valence-electron chi connectivity index (χ1n) is 9.92. The van der Waals surface area contributed by atoms with Crippen molar-refractivity contribution in [2.75, 3.05) is 11.9 Å². The molecule has 28 heavy (non-hydrogen) atoms. The Balaban J connectivity index is 1.90. The van der Waals surface area contributed by atoms with Crippen molar-refractivity contribution in [3.8, 4) is 5.75 Å². The van der Waals surface area contributed by atoms with Gasteiger partial charge in [0.15, 0.2) is 0 Å². The summed E-state index contributed by atoms with van der Waals surface area (Å²) >= 11 is 0. The first-order chi connectivity index (χ1) is 13.3. The van der Waals surface area contributed by atoms with Gasteiger partial charge in [-0.05, 0) is 69.4 Å². The second kappa shape index (κ2) is 10.1. The summed E-state index contributed by atoms with van der Waals surface area (Å²) in [6, 6.07) is 7.18. The fourth-order valence-electron chi connectivity index (χ4n) is 3.06. The Morgan fingerprint density at radius 2 is 1.82 bits per heavy atom. The molecule has 1 aromatic carbocycles. The molecule has 0 fully saturated rings. The van der Waals surface area contributed by atoms with Crippen molar-refractivity contribution < 1.29 is 14.3 Å². The minimum Gasteiger partial charge on any atom is -0.494 e. The van der Waals surface area contributed by atoms with E-state index < -0.39 is 0 Å². The van der Waals surface area contributed by atoms with Crippen molar-refractivity contribution in [1.29, 1.82) is 0 Å². The molecule has 0 aliphatic carbocycles. The summed E-state index contributed by atoms with van der Waals surface area (Å²) in [6.45, 7) is 10.7. The summed E-state index contributed by atoms with van der Waals surface area (Å²) in [4.78, 5) is 24.7. The number of hydrogen-bond acceptors (Lipinski definition) is 4. The topological polar surface area (TPSA) is 73.2 Å². The number of aryl methyl sites for hydroxylation is 1. The molecule has 2 rings (SSSR count). The van der Waals surface area contributed by atoms with Crippen LogP contribution in [0.4, 0.5) is 5.69 Å². The number of nitrogens with one attached hydrogen (secondary N) is 1. The lowest BCUT2D eigenvalue weighted by molar-refractivity contribution is -0.116. The summed E-state index contributed by atoms with van der Waals surface area (Å²) in [5, 5.41) is 7.20. The molecule has 0 radical (unpaired) electrons. The molecule has 6 heteroatoms. The van der Waals surface area contributed by atoms with Crippen LogP contribution in [0.3, 0.4) is 0 Å². The van der Waals surface area contributed by atoms with Crippen molar-refractivity contribution in [3.63, 3.8) is 0 Å². The molecule has 2 aromatic rings. The first kappa shape index (κ1) is 21.7. The Labute approximate surface area is 167 Å². The number of ether oxygens (including phenoxy) is 1. The largest absolute Gasteiger partial charge is 0.494 e. The van der Waals surface area contributed by atoms with Gasteiger partial charge in [-0.25, -0.2) is 4.68 Å². The predicted molar refractivity (Wildman–Crippen MR) is 111 cm³/mol. The molecule has 0 aliphatic heterocycles. The van der Waals surface area contributed by atoms with Crippen LogP contribution in [0, 0.1) is 19.8 Å². The summed E-state index contributed by atoms with van der Waals surface area (Å²) in [5.41, 5.74) is 3.60. The fraction of sp³-hybridized carbons (Fsp3) is 0.500. The normalized spacial score (nSPS) is 10.9. The third-order valence-electron chi connectivity index (χ3n) is 4.66. The molecule has 0 saturated carbocycles. The molecule has 0 aliphatic rings. The van der Waals surface area contributed by atoms with Gasteiger partial charge in [0, 0.05) is 24.2 Å². The Morgan fingerprint density at radius 3 is 2.43 bits per heavy atom. The van der Waals surface area contributed by atoms with E-state index in [-0.39, 0.29) is 24.7 Å². The van der Waals surface area contributed by atoms with Crippen molar-refractivity contribution in [3.05, 3.63) is 41.2 Å². The van der Waals surface area contributed by atoms with Crippen LogP contribution in [0.1, 0.15) is 61.8 Å². The molecule has 152 valence electrons.